The Morgan fingerprint density at radius 3 is 2.50 bits per heavy atom. The van der Waals surface area contributed by atoms with Crippen molar-refractivity contribution in [3.05, 3.63) is 0 Å². The first-order valence-electron chi connectivity index (χ1n) is 6.92. The third-order valence-electron chi connectivity index (χ3n) is 2.85. The molecule has 1 aromatic rings. The van der Waals surface area contributed by atoms with Gasteiger partial charge in [-0.05, 0) is 25.2 Å². The predicted octanol–water partition coefficient (Wildman–Crippen LogP) is 1.52. The Hall–Kier alpha value is -1.63. The molecule has 0 aliphatic rings. The van der Waals surface area contributed by atoms with E-state index in [0.29, 0.717) is 31.1 Å². The zero-order valence-corrected chi connectivity index (χ0v) is 12.7. The molecule has 0 aliphatic heterocycles. The molecule has 1 rings (SSSR count). The van der Waals surface area contributed by atoms with Crippen molar-refractivity contribution in [1.29, 1.82) is 0 Å². The summed E-state index contributed by atoms with van der Waals surface area (Å²) in [7, 11) is 1.75. The van der Waals surface area contributed by atoms with Crippen LogP contribution in [-0.4, -0.2) is 46.9 Å². The third kappa shape index (κ3) is 5.56. The number of aliphatic hydroxyl groups excluding tert-OH is 1. The van der Waals surface area contributed by atoms with Crippen LogP contribution in [0, 0.1) is 5.41 Å². The Kier molecular flexibility index (Phi) is 6.44. The molecule has 0 atom stereocenters. The molecular weight excluding hydrogens is 258 g/mol. The highest BCUT2D eigenvalue weighted by molar-refractivity contribution is 5.35. The van der Waals surface area contributed by atoms with Crippen molar-refractivity contribution in [2.24, 2.45) is 5.41 Å². The van der Waals surface area contributed by atoms with Gasteiger partial charge in [-0.2, -0.15) is 15.0 Å². The monoisotopic (exact) mass is 283 g/mol. The number of ether oxygens (including phenoxy) is 1. The first kappa shape index (κ1) is 16.4. The average Bonchev–Trinajstić information content (AvgIpc) is 2.43. The van der Waals surface area contributed by atoms with E-state index in [0.717, 1.165) is 12.8 Å². The minimum Gasteiger partial charge on any atom is -0.464 e. The van der Waals surface area contributed by atoms with Crippen LogP contribution in [0.3, 0.4) is 0 Å². The molecule has 3 N–H and O–H groups in total. The molecule has 1 aromatic heterocycles. The van der Waals surface area contributed by atoms with Crippen molar-refractivity contribution in [3.63, 3.8) is 0 Å². The standard InChI is InChI=1S/C13H25N5O2/c1-5-20-12-17-10(14-4)16-11(18-12)15-9-13(2,3)7-6-8-19/h19H,5-9H2,1-4H3,(H2,14,15,16,17,18). The van der Waals surface area contributed by atoms with Gasteiger partial charge in [-0.1, -0.05) is 13.8 Å². The fourth-order valence-electron chi connectivity index (χ4n) is 1.71. The van der Waals surface area contributed by atoms with Gasteiger partial charge in [0.1, 0.15) is 0 Å². The van der Waals surface area contributed by atoms with Gasteiger partial charge in [-0.15, -0.1) is 0 Å². The second-order valence-electron chi connectivity index (χ2n) is 5.29. The summed E-state index contributed by atoms with van der Waals surface area (Å²) in [6, 6.07) is 0.308. The molecule has 0 saturated carbocycles. The van der Waals surface area contributed by atoms with E-state index in [4.69, 9.17) is 9.84 Å². The van der Waals surface area contributed by atoms with Gasteiger partial charge >= 0.3 is 6.01 Å². The molecule has 20 heavy (non-hydrogen) atoms. The number of rotatable bonds is 9. The maximum absolute atomic E-state index is 8.90. The van der Waals surface area contributed by atoms with Crippen LogP contribution in [0.4, 0.5) is 11.9 Å². The van der Waals surface area contributed by atoms with E-state index < -0.39 is 0 Å². The van der Waals surface area contributed by atoms with Crippen molar-refractivity contribution in [1.82, 2.24) is 15.0 Å². The van der Waals surface area contributed by atoms with Gasteiger partial charge in [0.2, 0.25) is 11.9 Å². The van der Waals surface area contributed by atoms with Crippen LogP contribution in [-0.2, 0) is 0 Å². The second-order valence-corrected chi connectivity index (χ2v) is 5.29. The van der Waals surface area contributed by atoms with Gasteiger partial charge < -0.3 is 20.5 Å². The summed E-state index contributed by atoms with van der Waals surface area (Å²) in [5, 5.41) is 15.0. The molecule has 0 radical (unpaired) electrons. The highest BCUT2D eigenvalue weighted by atomic mass is 16.5. The lowest BCUT2D eigenvalue weighted by Crippen LogP contribution is -2.24. The zero-order valence-electron chi connectivity index (χ0n) is 12.7. The minimum absolute atomic E-state index is 0.0565. The lowest BCUT2D eigenvalue weighted by Gasteiger charge is -2.24. The van der Waals surface area contributed by atoms with Crippen LogP contribution in [0.5, 0.6) is 6.01 Å². The minimum atomic E-state index is 0.0565. The first-order valence-corrected chi connectivity index (χ1v) is 6.92. The van der Waals surface area contributed by atoms with Crippen molar-refractivity contribution >= 4 is 11.9 Å². The number of anilines is 2. The number of nitrogens with one attached hydrogen (secondary N) is 2. The smallest absolute Gasteiger partial charge is 0.323 e. The number of hydrogen-bond acceptors (Lipinski definition) is 7. The van der Waals surface area contributed by atoms with E-state index in [9.17, 15) is 0 Å². The lowest BCUT2D eigenvalue weighted by atomic mass is 9.88. The second kappa shape index (κ2) is 7.84. The molecule has 0 bridgehead atoms. The Labute approximate surface area is 120 Å². The Morgan fingerprint density at radius 2 is 1.90 bits per heavy atom. The predicted molar refractivity (Wildman–Crippen MR) is 79.1 cm³/mol. The number of nitrogens with zero attached hydrogens (tertiary/aromatic N) is 3. The van der Waals surface area contributed by atoms with Crippen LogP contribution in [0.1, 0.15) is 33.6 Å². The van der Waals surface area contributed by atoms with Crippen LogP contribution < -0.4 is 15.4 Å². The highest BCUT2D eigenvalue weighted by Crippen LogP contribution is 2.22. The van der Waals surface area contributed by atoms with Gasteiger partial charge in [0.15, 0.2) is 0 Å². The molecule has 0 amide bonds. The Morgan fingerprint density at radius 1 is 1.20 bits per heavy atom. The summed E-state index contributed by atoms with van der Waals surface area (Å²) in [4.78, 5) is 12.6. The van der Waals surface area contributed by atoms with Crippen molar-refractivity contribution < 1.29 is 9.84 Å². The molecule has 7 heteroatoms. The van der Waals surface area contributed by atoms with Crippen LogP contribution in [0.15, 0.2) is 0 Å². The number of aromatic nitrogens is 3. The highest BCUT2D eigenvalue weighted by Gasteiger charge is 2.18. The third-order valence-corrected chi connectivity index (χ3v) is 2.85. The molecular formula is C13H25N5O2. The van der Waals surface area contributed by atoms with Gasteiger partial charge in [0.05, 0.1) is 6.61 Å². The summed E-state index contributed by atoms with van der Waals surface area (Å²) in [6.45, 7) is 7.60. The summed E-state index contributed by atoms with van der Waals surface area (Å²) in [5.41, 5.74) is 0.0565. The largest absolute Gasteiger partial charge is 0.464 e. The average molecular weight is 283 g/mol. The van der Waals surface area contributed by atoms with E-state index in [1.54, 1.807) is 7.05 Å². The Balaban J connectivity index is 2.68. The Bertz CT molecular complexity index is 412. The van der Waals surface area contributed by atoms with Crippen molar-refractivity contribution in [3.8, 4) is 6.01 Å². The summed E-state index contributed by atoms with van der Waals surface area (Å²) < 4.78 is 5.31. The van der Waals surface area contributed by atoms with E-state index in [1.807, 2.05) is 6.92 Å². The van der Waals surface area contributed by atoms with E-state index in [1.165, 1.54) is 0 Å². The van der Waals surface area contributed by atoms with Gasteiger partial charge in [-0.25, -0.2) is 0 Å². The molecule has 7 nitrogen and oxygen atoms in total. The molecule has 0 aromatic carbocycles. The first-order chi connectivity index (χ1) is 9.50. The topological polar surface area (TPSA) is 92.2 Å². The number of hydrogen-bond donors (Lipinski definition) is 3. The normalized spacial score (nSPS) is 11.2. The fraction of sp³-hybridized carbons (Fsp3) is 0.769. The summed E-state index contributed by atoms with van der Waals surface area (Å²) in [6.07, 6.45) is 1.72. The molecule has 0 unspecified atom stereocenters. The quantitative estimate of drug-likeness (QED) is 0.632. The van der Waals surface area contributed by atoms with Crippen LogP contribution in [0.25, 0.3) is 0 Å². The van der Waals surface area contributed by atoms with E-state index in [2.05, 4.69) is 39.4 Å². The van der Waals surface area contributed by atoms with Crippen LogP contribution >= 0.6 is 0 Å². The molecule has 0 fully saturated rings. The van der Waals surface area contributed by atoms with E-state index >= 15 is 0 Å². The van der Waals surface area contributed by atoms with Crippen molar-refractivity contribution in [2.75, 3.05) is 37.4 Å². The molecule has 114 valence electrons. The van der Waals surface area contributed by atoms with Gasteiger partial charge in [0, 0.05) is 20.2 Å². The SMILES string of the molecule is CCOc1nc(NC)nc(NCC(C)(C)CCCO)n1. The number of aliphatic hydroxyl groups is 1. The summed E-state index contributed by atoms with van der Waals surface area (Å²) in [5.74, 6) is 0.962. The maximum Gasteiger partial charge on any atom is 0.323 e. The molecule has 0 spiro atoms. The lowest BCUT2D eigenvalue weighted by molar-refractivity contribution is 0.247. The molecule has 0 aliphatic carbocycles. The van der Waals surface area contributed by atoms with Crippen LogP contribution in [0.2, 0.25) is 0 Å². The maximum atomic E-state index is 8.90. The van der Waals surface area contributed by atoms with E-state index in [-0.39, 0.29) is 12.0 Å². The summed E-state index contributed by atoms with van der Waals surface area (Å²) >= 11 is 0. The van der Waals surface area contributed by atoms with Gasteiger partial charge in [0.25, 0.3) is 0 Å². The molecule has 0 saturated heterocycles. The van der Waals surface area contributed by atoms with Crippen molar-refractivity contribution in [2.45, 2.75) is 33.6 Å². The zero-order chi connectivity index (χ0) is 15.0. The fourth-order valence-corrected chi connectivity index (χ4v) is 1.71. The van der Waals surface area contributed by atoms with Gasteiger partial charge in [-0.3, -0.25) is 0 Å². The molecule has 1 heterocycles.